The zero-order valence-corrected chi connectivity index (χ0v) is 11.3. The first kappa shape index (κ1) is 13.7. The van der Waals surface area contributed by atoms with Crippen molar-refractivity contribution < 1.29 is 0 Å². The molecule has 0 saturated carbocycles. The number of hydrogen-bond donors (Lipinski definition) is 1. The molecule has 1 rings (SSSR count). The minimum absolute atomic E-state index is 0.698. The highest BCUT2D eigenvalue weighted by Gasteiger charge is 2.06. The standard InChI is InChI=1S/C13H24N2S/c1-3-12(11-14)6-8-15(2)9-7-13-5-4-10-16-13/h4-5,10,12H,3,6-9,11,14H2,1-2H3. The summed E-state index contributed by atoms with van der Waals surface area (Å²) in [6.45, 7) is 5.38. The average molecular weight is 240 g/mol. The molecule has 1 unspecified atom stereocenters. The van der Waals surface area contributed by atoms with E-state index in [1.54, 1.807) is 0 Å². The van der Waals surface area contributed by atoms with Gasteiger partial charge in [0.25, 0.3) is 0 Å². The molecule has 0 spiro atoms. The average Bonchev–Trinajstić information content (AvgIpc) is 2.80. The van der Waals surface area contributed by atoms with Crippen molar-refractivity contribution in [3.63, 3.8) is 0 Å². The van der Waals surface area contributed by atoms with Gasteiger partial charge in [0.05, 0.1) is 0 Å². The first-order valence-electron chi connectivity index (χ1n) is 6.17. The Kier molecular flexibility index (Phi) is 6.69. The maximum absolute atomic E-state index is 5.70. The maximum Gasteiger partial charge on any atom is 0.00579 e. The number of thiophene rings is 1. The van der Waals surface area contributed by atoms with Crippen LogP contribution in [0.4, 0.5) is 0 Å². The van der Waals surface area contributed by atoms with Gasteiger partial charge in [-0.1, -0.05) is 19.4 Å². The summed E-state index contributed by atoms with van der Waals surface area (Å²) in [5.74, 6) is 0.698. The molecule has 92 valence electrons. The Balaban J connectivity index is 2.13. The molecule has 0 aromatic carbocycles. The van der Waals surface area contributed by atoms with Crippen molar-refractivity contribution in [3.8, 4) is 0 Å². The van der Waals surface area contributed by atoms with E-state index in [1.807, 2.05) is 11.3 Å². The second kappa shape index (κ2) is 7.82. The summed E-state index contributed by atoms with van der Waals surface area (Å²) in [4.78, 5) is 3.90. The monoisotopic (exact) mass is 240 g/mol. The molecule has 1 aromatic heterocycles. The van der Waals surface area contributed by atoms with Gasteiger partial charge in [0.2, 0.25) is 0 Å². The van der Waals surface area contributed by atoms with E-state index in [-0.39, 0.29) is 0 Å². The minimum atomic E-state index is 0.698. The lowest BCUT2D eigenvalue weighted by Gasteiger charge is -2.19. The Labute approximate surface area is 103 Å². The topological polar surface area (TPSA) is 29.3 Å². The summed E-state index contributed by atoms with van der Waals surface area (Å²) in [5.41, 5.74) is 5.70. The van der Waals surface area contributed by atoms with Gasteiger partial charge in [-0.2, -0.15) is 0 Å². The van der Waals surface area contributed by atoms with Crippen LogP contribution in [-0.2, 0) is 6.42 Å². The molecule has 2 nitrogen and oxygen atoms in total. The molecule has 3 heteroatoms. The summed E-state index contributed by atoms with van der Waals surface area (Å²) in [5, 5.41) is 2.15. The zero-order valence-electron chi connectivity index (χ0n) is 10.5. The highest BCUT2D eigenvalue weighted by Crippen LogP contribution is 2.10. The smallest absolute Gasteiger partial charge is 0.00579 e. The molecule has 1 atom stereocenters. The second-order valence-electron chi connectivity index (χ2n) is 4.43. The van der Waals surface area contributed by atoms with Crippen molar-refractivity contribution in [2.75, 3.05) is 26.7 Å². The summed E-state index contributed by atoms with van der Waals surface area (Å²) in [6, 6.07) is 4.34. The van der Waals surface area contributed by atoms with Crippen LogP contribution in [-0.4, -0.2) is 31.6 Å². The van der Waals surface area contributed by atoms with E-state index in [2.05, 4.69) is 36.4 Å². The van der Waals surface area contributed by atoms with E-state index in [4.69, 9.17) is 5.73 Å². The van der Waals surface area contributed by atoms with Gasteiger partial charge in [0, 0.05) is 11.4 Å². The van der Waals surface area contributed by atoms with Crippen LogP contribution >= 0.6 is 11.3 Å². The molecule has 2 N–H and O–H groups in total. The van der Waals surface area contributed by atoms with Gasteiger partial charge in [0.15, 0.2) is 0 Å². The molecule has 0 fully saturated rings. The van der Waals surface area contributed by atoms with Crippen molar-refractivity contribution in [1.29, 1.82) is 0 Å². The van der Waals surface area contributed by atoms with Crippen LogP contribution in [0.5, 0.6) is 0 Å². The van der Waals surface area contributed by atoms with Crippen LogP contribution in [0.3, 0.4) is 0 Å². The van der Waals surface area contributed by atoms with Crippen LogP contribution < -0.4 is 5.73 Å². The third kappa shape index (κ3) is 5.10. The Morgan fingerprint density at radius 2 is 2.25 bits per heavy atom. The summed E-state index contributed by atoms with van der Waals surface area (Å²) in [6.07, 6.45) is 3.61. The molecule has 0 aliphatic heterocycles. The van der Waals surface area contributed by atoms with E-state index < -0.39 is 0 Å². The molecule has 1 heterocycles. The van der Waals surface area contributed by atoms with Crippen LogP contribution in [0.1, 0.15) is 24.6 Å². The highest BCUT2D eigenvalue weighted by molar-refractivity contribution is 7.09. The number of likely N-dealkylation sites (N-methyl/N-ethyl adjacent to an activating group) is 1. The third-order valence-electron chi connectivity index (χ3n) is 3.15. The van der Waals surface area contributed by atoms with Crippen LogP contribution in [0.2, 0.25) is 0 Å². The van der Waals surface area contributed by atoms with Gasteiger partial charge in [-0.15, -0.1) is 11.3 Å². The summed E-state index contributed by atoms with van der Waals surface area (Å²) >= 11 is 1.85. The molecule has 0 radical (unpaired) electrons. The lowest BCUT2D eigenvalue weighted by molar-refractivity contribution is 0.302. The van der Waals surface area contributed by atoms with Gasteiger partial charge < -0.3 is 10.6 Å². The van der Waals surface area contributed by atoms with Gasteiger partial charge >= 0.3 is 0 Å². The summed E-state index contributed by atoms with van der Waals surface area (Å²) in [7, 11) is 2.21. The highest BCUT2D eigenvalue weighted by atomic mass is 32.1. The molecule has 0 amide bonds. The predicted octanol–water partition coefficient (Wildman–Crippen LogP) is 2.60. The van der Waals surface area contributed by atoms with Crippen molar-refractivity contribution in [1.82, 2.24) is 4.90 Å². The van der Waals surface area contributed by atoms with Gasteiger partial charge in [-0.05, 0) is 50.3 Å². The molecule has 16 heavy (non-hydrogen) atoms. The van der Waals surface area contributed by atoms with Crippen LogP contribution in [0.25, 0.3) is 0 Å². The fourth-order valence-electron chi connectivity index (χ4n) is 1.76. The molecule has 0 bridgehead atoms. The van der Waals surface area contributed by atoms with E-state index in [9.17, 15) is 0 Å². The molecule has 0 aliphatic rings. The summed E-state index contributed by atoms with van der Waals surface area (Å²) < 4.78 is 0. The fraction of sp³-hybridized carbons (Fsp3) is 0.692. The number of rotatable bonds is 8. The Morgan fingerprint density at radius 3 is 2.81 bits per heavy atom. The van der Waals surface area contributed by atoms with Crippen molar-refractivity contribution >= 4 is 11.3 Å². The van der Waals surface area contributed by atoms with Crippen LogP contribution in [0, 0.1) is 5.92 Å². The maximum atomic E-state index is 5.70. The normalized spacial score (nSPS) is 13.2. The van der Waals surface area contributed by atoms with Crippen molar-refractivity contribution in [3.05, 3.63) is 22.4 Å². The minimum Gasteiger partial charge on any atom is -0.330 e. The van der Waals surface area contributed by atoms with E-state index >= 15 is 0 Å². The fourth-order valence-corrected chi connectivity index (χ4v) is 2.46. The molecule has 0 saturated heterocycles. The number of nitrogens with zero attached hydrogens (tertiary/aromatic N) is 1. The van der Waals surface area contributed by atoms with Gasteiger partial charge in [0.1, 0.15) is 0 Å². The van der Waals surface area contributed by atoms with E-state index in [1.165, 1.54) is 30.7 Å². The first-order chi connectivity index (χ1) is 7.76. The van der Waals surface area contributed by atoms with Gasteiger partial charge in [-0.3, -0.25) is 0 Å². The molecular weight excluding hydrogens is 216 g/mol. The lowest BCUT2D eigenvalue weighted by Crippen LogP contribution is -2.26. The van der Waals surface area contributed by atoms with Gasteiger partial charge in [-0.25, -0.2) is 0 Å². The number of hydrogen-bond acceptors (Lipinski definition) is 3. The molecule has 0 aliphatic carbocycles. The van der Waals surface area contributed by atoms with Crippen LogP contribution in [0.15, 0.2) is 17.5 Å². The predicted molar refractivity (Wildman–Crippen MR) is 73.0 cm³/mol. The molecule has 1 aromatic rings. The second-order valence-corrected chi connectivity index (χ2v) is 5.46. The third-order valence-corrected chi connectivity index (χ3v) is 4.09. The zero-order chi connectivity index (χ0) is 11.8. The Morgan fingerprint density at radius 1 is 1.44 bits per heavy atom. The van der Waals surface area contributed by atoms with Crippen molar-refractivity contribution in [2.24, 2.45) is 11.7 Å². The quantitative estimate of drug-likeness (QED) is 0.757. The van der Waals surface area contributed by atoms with Crippen molar-refractivity contribution in [2.45, 2.75) is 26.2 Å². The lowest BCUT2D eigenvalue weighted by atomic mass is 10.0. The first-order valence-corrected chi connectivity index (χ1v) is 7.05. The SMILES string of the molecule is CCC(CN)CCN(C)CCc1cccs1. The number of nitrogens with two attached hydrogens (primary N) is 1. The molecular formula is C13H24N2S. The van der Waals surface area contributed by atoms with E-state index in [0.29, 0.717) is 5.92 Å². The largest absolute Gasteiger partial charge is 0.330 e. The Hall–Kier alpha value is -0.380. The Bertz CT molecular complexity index is 255. The van der Waals surface area contributed by atoms with E-state index in [0.717, 1.165) is 13.1 Å².